The molecule has 2 nitrogen and oxygen atoms in total. The Morgan fingerprint density at radius 2 is 2.05 bits per heavy atom. The van der Waals surface area contributed by atoms with Crippen LogP contribution in [-0.2, 0) is 0 Å². The van der Waals surface area contributed by atoms with Crippen LogP contribution in [0.4, 0.5) is 13.2 Å². The second-order valence-electron chi connectivity index (χ2n) is 4.03. The third kappa shape index (κ3) is 6.16. The Morgan fingerprint density at radius 1 is 1.32 bits per heavy atom. The number of benzene rings is 1. The molecule has 1 aromatic carbocycles. The van der Waals surface area contributed by atoms with Crippen LogP contribution in [0.5, 0.6) is 5.75 Å². The third-order valence-corrected chi connectivity index (χ3v) is 2.30. The van der Waals surface area contributed by atoms with Crippen molar-refractivity contribution in [3.63, 3.8) is 0 Å². The smallest absolute Gasteiger partial charge is 0.389 e. The number of alkyl halides is 3. The van der Waals surface area contributed by atoms with Gasteiger partial charge in [0.25, 0.3) is 0 Å². The molecular formula is C14H15F3O2. The van der Waals surface area contributed by atoms with Gasteiger partial charge in [-0.15, -0.1) is 0 Å². The van der Waals surface area contributed by atoms with Crippen molar-refractivity contribution in [1.29, 1.82) is 0 Å². The first-order valence-corrected chi connectivity index (χ1v) is 5.82. The minimum Gasteiger partial charge on any atom is -0.492 e. The van der Waals surface area contributed by atoms with E-state index in [1.54, 1.807) is 18.2 Å². The second-order valence-corrected chi connectivity index (χ2v) is 4.03. The van der Waals surface area contributed by atoms with Crippen molar-refractivity contribution >= 4 is 0 Å². The van der Waals surface area contributed by atoms with E-state index in [9.17, 15) is 13.2 Å². The largest absolute Gasteiger partial charge is 0.492 e. The van der Waals surface area contributed by atoms with Crippen LogP contribution in [0.2, 0.25) is 0 Å². The predicted molar refractivity (Wildman–Crippen MR) is 65.9 cm³/mol. The van der Waals surface area contributed by atoms with Crippen LogP contribution in [0.3, 0.4) is 0 Å². The Morgan fingerprint density at radius 3 is 2.68 bits per heavy atom. The molecule has 104 valence electrons. The Kier molecular flexibility index (Phi) is 5.71. The van der Waals surface area contributed by atoms with Crippen LogP contribution in [0.1, 0.15) is 24.0 Å². The first kappa shape index (κ1) is 15.4. The Labute approximate surface area is 110 Å². The summed E-state index contributed by atoms with van der Waals surface area (Å²) in [6.45, 7) is 1.58. The van der Waals surface area contributed by atoms with Crippen LogP contribution in [0, 0.1) is 18.8 Å². The molecule has 0 aliphatic carbocycles. The van der Waals surface area contributed by atoms with Gasteiger partial charge in [0.05, 0.1) is 12.2 Å². The SMILES string of the molecule is Cc1ccc(OCCCC(F)(F)F)c(C#CCO)c1. The zero-order valence-corrected chi connectivity index (χ0v) is 10.5. The number of aliphatic hydroxyl groups excluding tert-OH is 1. The molecule has 0 atom stereocenters. The molecule has 0 fully saturated rings. The zero-order valence-electron chi connectivity index (χ0n) is 10.5. The molecule has 0 amide bonds. The summed E-state index contributed by atoms with van der Waals surface area (Å²) >= 11 is 0. The van der Waals surface area contributed by atoms with Crippen LogP contribution >= 0.6 is 0 Å². The molecule has 0 aliphatic heterocycles. The topological polar surface area (TPSA) is 29.5 Å². The Hall–Kier alpha value is -1.67. The number of ether oxygens (including phenoxy) is 1. The van der Waals surface area contributed by atoms with Gasteiger partial charge in [-0.2, -0.15) is 13.2 Å². The number of halogens is 3. The van der Waals surface area contributed by atoms with E-state index in [4.69, 9.17) is 9.84 Å². The van der Waals surface area contributed by atoms with Gasteiger partial charge >= 0.3 is 6.18 Å². The Balaban J connectivity index is 2.62. The summed E-state index contributed by atoms with van der Waals surface area (Å²) in [6, 6.07) is 5.23. The molecular weight excluding hydrogens is 257 g/mol. The van der Waals surface area contributed by atoms with Gasteiger partial charge < -0.3 is 9.84 Å². The number of aryl methyl sites for hydroxylation is 1. The molecule has 0 unspecified atom stereocenters. The number of aliphatic hydroxyl groups is 1. The summed E-state index contributed by atoms with van der Waals surface area (Å²) in [4.78, 5) is 0. The van der Waals surface area contributed by atoms with Gasteiger partial charge in [0.15, 0.2) is 0 Å². The van der Waals surface area contributed by atoms with Crippen LogP contribution in [0.15, 0.2) is 18.2 Å². The molecule has 0 aliphatic rings. The van der Waals surface area contributed by atoms with Gasteiger partial charge in [0.2, 0.25) is 0 Å². The minimum atomic E-state index is -4.16. The summed E-state index contributed by atoms with van der Waals surface area (Å²) in [5.74, 6) is 5.64. The molecule has 19 heavy (non-hydrogen) atoms. The number of rotatable bonds is 4. The molecule has 0 radical (unpaired) electrons. The lowest BCUT2D eigenvalue weighted by Gasteiger charge is -2.10. The van der Waals surface area contributed by atoms with Crippen LogP contribution in [0.25, 0.3) is 0 Å². The Bertz CT molecular complexity index is 470. The monoisotopic (exact) mass is 272 g/mol. The van der Waals surface area contributed by atoms with E-state index in [2.05, 4.69) is 11.8 Å². The lowest BCUT2D eigenvalue weighted by Crippen LogP contribution is -2.10. The van der Waals surface area contributed by atoms with E-state index in [0.717, 1.165) is 5.56 Å². The van der Waals surface area contributed by atoms with Gasteiger partial charge in [-0.3, -0.25) is 0 Å². The van der Waals surface area contributed by atoms with Crippen molar-refractivity contribution in [2.75, 3.05) is 13.2 Å². The van der Waals surface area contributed by atoms with Crippen molar-refractivity contribution in [1.82, 2.24) is 0 Å². The first-order chi connectivity index (χ1) is 8.92. The molecule has 0 saturated carbocycles. The molecule has 1 N–H and O–H groups in total. The summed E-state index contributed by atoms with van der Waals surface area (Å²) in [5.41, 5.74) is 1.53. The molecule has 1 aromatic rings. The highest BCUT2D eigenvalue weighted by Crippen LogP contribution is 2.23. The predicted octanol–water partition coefficient (Wildman–Crippen LogP) is 3.06. The number of hydrogen-bond donors (Lipinski definition) is 1. The lowest BCUT2D eigenvalue weighted by atomic mass is 10.1. The van der Waals surface area contributed by atoms with E-state index in [0.29, 0.717) is 11.3 Å². The standard InChI is InChI=1S/C14H15F3O2/c1-11-5-6-13(12(10-11)4-2-8-18)19-9-3-7-14(15,16)17/h5-6,10,18H,3,7-9H2,1H3. The van der Waals surface area contributed by atoms with Gasteiger partial charge in [0, 0.05) is 6.42 Å². The normalized spacial score (nSPS) is 10.8. The molecule has 0 saturated heterocycles. The zero-order chi connectivity index (χ0) is 14.3. The highest BCUT2D eigenvalue weighted by atomic mass is 19.4. The highest BCUT2D eigenvalue weighted by Gasteiger charge is 2.26. The fourth-order valence-corrected chi connectivity index (χ4v) is 1.46. The van der Waals surface area contributed by atoms with Crippen LogP contribution in [-0.4, -0.2) is 24.5 Å². The van der Waals surface area contributed by atoms with Gasteiger partial charge in [-0.05, 0) is 31.0 Å². The quantitative estimate of drug-likeness (QED) is 0.674. The van der Waals surface area contributed by atoms with Crippen molar-refractivity contribution in [3.8, 4) is 17.6 Å². The summed E-state index contributed by atoms with van der Waals surface area (Å²) in [6.07, 6.45) is -5.11. The molecule has 1 rings (SSSR count). The van der Waals surface area contributed by atoms with E-state index in [1.165, 1.54) is 0 Å². The maximum atomic E-state index is 12.0. The van der Waals surface area contributed by atoms with Gasteiger partial charge in [-0.1, -0.05) is 17.9 Å². The fourth-order valence-electron chi connectivity index (χ4n) is 1.46. The van der Waals surface area contributed by atoms with Crippen molar-refractivity contribution < 1.29 is 23.0 Å². The van der Waals surface area contributed by atoms with E-state index in [-0.39, 0.29) is 19.6 Å². The van der Waals surface area contributed by atoms with Gasteiger partial charge in [0.1, 0.15) is 12.4 Å². The molecule has 0 aromatic heterocycles. The molecule has 5 heteroatoms. The fraction of sp³-hybridized carbons (Fsp3) is 0.429. The first-order valence-electron chi connectivity index (χ1n) is 5.82. The number of hydrogen-bond acceptors (Lipinski definition) is 2. The summed E-state index contributed by atoms with van der Waals surface area (Å²) in [7, 11) is 0. The minimum absolute atomic E-state index is 0.0175. The van der Waals surface area contributed by atoms with Crippen molar-refractivity contribution in [2.45, 2.75) is 25.9 Å². The summed E-state index contributed by atoms with van der Waals surface area (Å²) < 4.78 is 41.2. The van der Waals surface area contributed by atoms with E-state index in [1.807, 2.05) is 6.92 Å². The van der Waals surface area contributed by atoms with Crippen LogP contribution < -0.4 is 4.74 Å². The maximum absolute atomic E-state index is 12.0. The highest BCUT2D eigenvalue weighted by molar-refractivity contribution is 5.48. The molecule has 0 spiro atoms. The van der Waals surface area contributed by atoms with E-state index < -0.39 is 12.6 Å². The molecule has 0 bridgehead atoms. The van der Waals surface area contributed by atoms with Crippen molar-refractivity contribution in [3.05, 3.63) is 29.3 Å². The molecule has 0 heterocycles. The maximum Gasteiger partial charge on any atom is 0.389 e. The lowest BCUT2D eigenvalue weighted by molar-refractivity contribution is -0.136. The average Bonchev–Trinajstić information content (AvgIpc) is 2.32. The van der Waals surface area contributed by atoms with E-state index >= 15 is 0 Å². The van der Waals surface area contributed by atoms with Crippen molar-refractivity contribution in [2.24, 2.45) is 0 Å². The second kappa shape index (κ2) is 7.05. The van der Waals surface area contributed by atoms with Gasteiger partial charge in [-0.25, -0.2) is 0 Å². The third-order valence-electron chi connectivity index (χ3n) is 2.30. The average molecular weight is 272 g/mol. The summed E-state index contributed by atoms with van der Waals surface area (Å²) in [5, 5.41) is 8.65.